The van der Waals surface area contributed by atoms with E-state index in [0.717, 1.165) is 4.57 Å². The number of carbonyl (C=O) groups is 1. The molecule has 0 fully saturated rings. The Morgan fingerprint density at radius 2 is 1.90 bits per heavy atom. The van der Waals surface area contributed by atoms with E-state index in [9.17, 15) is 14.4 Å². The summed E-state index contributed by atoms with van der Waals surface area (Å²) in [5.41, 5.74) is 2.44. The van der Waals surface area contributed by atoms with E-state index in [1.54, 1.807) is 18.2 Å². The monoisotopic (exact) mass is 400 g/mol. The van der Waals surface area contributed by atoms with Gasteiger partial charge < -0.3 is 14.0 Å². The van der Waals surface area contributed by atoms with Gasteiger partial charge in [0.25, 0.3) is 11.5 Å². The number of nitrogens with zero attached hydrogens (tertiary/aromatic N) is 5. The highest BCUT2D eigenvalue weighted by atomic mass is 16.5. The van der Waals surface area contributed by atoms with Gasteiger partial charge in [0, 0.05) is 14.1 Å². The van der Waals surface area contributed by atoms with Crippen molar-refractivity contribution in [3.8, 4) is 11.5 Å². The van der Waals surface area contributed by atoms with Crippen LogP contribution in [-0.4, -0.2) is 45.0 Å². The van der Waals surface area contributed by atoms with Crippen LogP contribution < -0.4 is 26.1 Å². The number of imidazole rings is 1. The zero-order chi connectivity index (χ0) is 21.1. The number of aromatic nitrogens is 4. The normalized spacial score (nSPS) is 11.2. The lowest BCUT2D eigenvalue weighted by Crippen LogP contribution is -2.37. The topological polar surface area (TPSA) is 122 Å². The molecule has 0 bridgehead atoms. The molecule has 0 aliphatic rings. The van der Waals surface area contributed by atoms with Crippen molar-refractivity contribution < 1.29 is 14.3 Å². The molecule has 152 valence electrons. The van der Waals surface area contributed by atoms with Gasteiger partial charge in [0.1, 0.15) is 12.2 Å². The van der Waals surface area contributed by atoms with E-state index in [0.29, 0.717) is 17.1 Å². The number of rotatable bonds is 6. The van der Waals surface area contributed by atoms with Crippen molar-refractivity contribution in [1.82, 2.24) is 24.1 Å². The van der Waals surface area contributed by atoms with Crippen molar-refractivity contribution in [2.24, 2.45) is 19.2 Å². The van der Waals surface area contributed by atoms with Gasteiger partial charge in [-0.3, -0.25) is 18.7 Å². The molecule has 2 heterocycles. The summed E-state index contributed by atoms with van der Waals surface area (Å²) in [7, 11) is 5.95. The number of hydrogen-bond acceptors (Lipinski definition) is 7. The second kappa shape index (κ2) is 8.00. The molecule has 0 aliphatic carbocycles. The SMILES string of the molecule is COc1ccc(C=NNC(=O)Cn2cnc3c(=O)n(C)c(=O)n(C)c32)cc1OC. The van der Waals surface area contributed by atoms with Crippen LogP contribution in [0.2, 0.25) is 0 Å². The fourth-order valence-corrected chi connectivity index (χ4v) is 2.86. The molecular formula is C18H20N6O5. The molecule has 1 aromatic carbocycles. The van der Waals surface area contributed by atoms with E-state index in [1.165, 1.54) is 50.0 Å². The van der Waals surface area contributed by atoms with E-state index < -0.39 is 17.2 Å². The van der Waals surface area contributed by atoms with Crippen molar-refractivity contribution in [3.63, 3.8) is 0 Å². The van der Waals surface area contributed by atoms with Crippen LogP contribution in [-0.2, 0) is 25.4 Å². The lowest BCUT2D eigenvalue weighted by molar-refractivity contribution is -0.121. The summed E-state index contributed by atoms with van der Waals surface area (Å²) in [4.78, 5) is 40.5. The van der Waals surface area contributed by atoms with Gasteiger partial charge in [-0.15, -0.1) is 0 Å². The van der Waals surface area contributed by atoms with Crippen molar-refractivity contribution in [3.05, 3.63) is 50.9 Å². The van der Waals surface area contributed by atoms with Crippen molar-refractivity contribution in [1.29, 1.82) is 0 Å². The van der Waals surface area contributed by atoms with Crippen molar-refractivity contribution in [2.75, 3.05) is 14.2 Å². The van der Waals surface area contributed by atoms with Gasteiger partial charge in [-0.05, 0) is 23.8 Å². The van der Waals surface area contributed by atoms with Crippen LogP contribution in [0.15, 0.2) is 39.2 Å². The van der Waals surface area contributed by atoms with Crippen LogP contribution in [0.25, 0.3) is 11.2 Å². The molecule has 0 radical (unpaired) electrons. The third kappa shape index (κ3) is 3.74. The molecule has 0 atom stereocenters. The first kappa shape index (κ1) is 19.9. The third-order valence-corrected chi connectivity index (χ3v) is 4.33. The fourth-order valence-electron chi connectivity index (χ4n) is 2.86. The molecule has 0 unspecified atom stereocenters. The zero-order valence-electron chi connectivity index (χ0n) is 16.4. The van der Waals surface area contributed by atoms with E-state index in [2.05, 4.69) is 15.5 Å². The molecule has 11 heteroatoms. The number of hydrazone groups is 1. The number of benzene rings is 1. The number of hydrogen-bond donors (Lipinski definition) is 1. The average molecular weight is 400 g/mol. The quantitative estimate of drug-likeness (QED) is 0.444. The van der Waals surface area contributed by atoms with Gasteiger partial charge in [0.15, 0.2) is 17.0 Å². The Labute approximate surface area is 164 Å². The minimum Gasteiger partial charge on any atom is -0.493 e. The smallest absolute Gasteiger partial charge is 0.332 e. The van der Waals surface area contributed by atoms with Crippen LogP contribution in [0.5, 0.6) is 11.5 Å². The van der Waals surface area contributed by atoms with Crippen LogP contribution in [0, 0.1) is 0 Å². The Balaban J connectivity index is 1.76. The predicted octanol–water partition coefficient (Wildman–Crippen LogP) is -0.399. The number of aryl methyl sites for hydroxylation is 1. The number of amides is 1. The Kier molecular flexibility index (Phi) is 5.48. The van der Waals surface area contributed by atoms with E-state index in [4.69, 9.17) is 9.47 Å². The van der Waals surface area contributed by atoms with Gasteiger partial charge in [-0.25, -0.2) is 15.2 Å². The number of ether oxygens (including phenoxy) is 2. The predicted molar refractivity (Wildman–Crippen MR) is 105 cm³/mol. The van der Waals surface area contributed by atoms with Crippen LogP contribution in [0.4, 0.5) is 0 Å². The maximum absolute atomic E-state index is 12.2. The van der Waals surface area contributed by atoms with Crippen LogP contribution in [0.3, 0.4) is 0 Å². The van der Waals surface area contributed by atoms with E-state index in [-0.39, 0.29) is 17.7 Å². The minimum atomic E-state index is -0.520. The summed E-state index contributed by atoms with van der Waals surface area (Å²) in [6.07, 6.45) is 2.79. The summed E-state index contributed by atoms with van der Waals surface area (Å²) >= 11 is 0. The molecule has 3 aromatic rings. The second-order valence-corrected chi connectivity index (χ2v) is 6.16. The highest BCUT2D eigenvalue weighted by molar-refractivity contribution is 5.83. The van der Waals surface area contributed by atoms with Crippen molar-refractivity contribution >= 4 is 23.3 Å². The molecule has 2 aromatic heterocycles. The van der Waals surface area contributed by atoms with Crippen LogP contribution >= 0.6 is 0 Å². The maximum atomic E-state index is 12.2. The zero-order valence-corrected chi connectivity index (χ0v) is 16.4. The van der Waals surface area contributed by atoms with E-state index in [1.807, 2.05) is 0 Å². The molecular weight excluding hydrogens is 380 g/mol. The number of fused-ring (bicyclic) bond motifs is 1. The van der Waals surface area contributed by atoms with Crippen LogP contribution in [0.1, 0.15) is 5.56 Å². The first-order valence-electron chi connectivity index (χ1n) is 8.52. The first-order chi connectivity index (χ1) is 13.9. The molecule has 3 rings (SSSR count). The summed E-state index contributed by atoms with van der Waals surface area (Å²) < 4.78 is 14.0. The summed E-state index contributed by atoms with van der Waals surface area (Å²) in [6.45, 7) is -0.166. The molecule has 1 N–H and O–H groups in total. The molecule has 29 heavy (non-hydrogen) atoms. The Hall–Kier alpha value is -3.89. The summed E-state index contributed by atoms with van der Waals surface area (Å²) in [5.74, 6) is 0.668. The highest BCUT2D eigenvalue weighted by Gasteiger charge is 2.15. The number of methoxy groups -OCH3 is 2. The van der Waals surface area contributed by atoms with Gasteiger partial charge in [-0.1, -0.05) is 0 Å². The Morgan fingerprint density at radius 3 is 2.59 bits per heavy atom. The molecule has 0 saturated heterocycles. The first-order valence-corrected chi connectivity index (χ1v) is 8.52. The number of carbonyl (C=O) groups excluding carboxylic acids is 1. The summed E-state index contributed by atoms with van der Waals surface area (Å²) in [5, 5.41) is 3.92. The Morgan fingerprint density at radius 1 is 1.17 bits per heavy atom. The van der Waals surface area contributed by atoms with Gasteiger partial charge in [0.05, 0.1) is 26.8 Å². The minimum absolute atomic E-state index is 0.108. The molecule has 11 nitrogen and oxygen atoms in total. The molecule has 0 saturated carbocycles. The largest absolute Gasteiger partial charge is 0.493 e. The number of nitrogens with one attached hydrogen (secondary N) is 1. The Bertz CT molecular complexity index is 1220. The summed E-state index contributed by atoms with van der Waals surface area (Å²) in [6, 6.07) is 5.19. The third-order valence-electron chi connectivity index (χ3n) is 4.33. The molecule has 1 amide bonds. The maximum Gasteiger partial charge on any atom is 0.332 e. The van der Waals surface area contributed by atoms with Gasteiger partial charge in [-0.2, -0.15) is 5.10 Å². The van der Waals surface area contributed by atoms with Crippen molar-refractivity contribution in [2.45, 2.75) is 6.54 Å². The standard InChI is InChI=1S/C18H20N6O5/c1-22-16-15(17(26)23(2)18(22)27)19-10-24(16)9-14(25)21-20-8-11-5-6-12(28-3)13(7-11)29-4/h5-8,10H,9H2,1-4H3,(H,21,25). The van der Waals surface area contributed by atoms with Gasteiger partial charge >= 0.3 is 5.69 Å². The fraction of sp³-hybridized carbons (Fsp3) is 0.278. The molecule has 0 aliphatic heterocycles. The molecule has 0 spiro atoms. The van der Waals surface area contributed by atoms with Gasteiger partial charge in [0.2, 0.25) is 0 Å². The highest BCUT2D eigenvalue weighted by Crippen LogP contribution is 2.26. The van der Waals surface area contributed by atoms with E-state index >= 15 is 0 Å². The average Bonchev–Trinajstić information content (AvgIpc) is 3.14. The second-order valence-electron chi connectivity index (χ2n) is 6.16. The lowest BCUT2D eigenvalue weighted by Gasteiger charge is -2.08. The lowest BCUT2D eigenvalue weighted by atomic mass is 10.2.